The van der Waals surface area contributed by atoms with E-state index in [1.54, 1.807) is 11.8 Å². The summed E-state index contributed by atoms with van der Waals surface area (Å²) in [5.41, 5.74) is 7.25. The normalized spacial score (nSPS) is 12.1. The molecule has 0 saturated carbocycles. The molecule has 0 saturated heterocycles. The molecule has 0 aliphatic carbocycles. The van der Waals surface area contributed by atoms with Gasteiger partial charge >= 0.3 is 0 Å². The number of benzene rings is 1. The van der Waals surface area contributed by atoms with Gasteiger partial charge in [0.15, 0.2) is 0 Å². The Morgan fingerprint density at radius 2 is 1.94 bits per heavy atom. The average molecular weight is 238 g/mol. The summed E-state index contributed by atoms with van der Waals surface area (Å²) >= 11 is 1.80. The molecule has 0 atom stereocenters. The van der Waals surface area contributed by atoms with E-state index in [0.717, 1.165) is 13.1 Å². The third-order valence-electron chi connectivity index (χ3n) is 2.31. The Balaban J connectivity index is 2.65. The molecule has 1 aromatic rings. The van der Waals surface area contributed by atoms with Gasteiger partial charge < -0.3 is 10.6 Å². The SMILES string of the molecule is CSc1ccccc1CN(C)CC(C)(C)N. The molecular formula is C13H22N2S. The summed E-state index contributed by atoms with van der Waals surface area (Å²) in [7, 11) is 2.12. The average Bonchev–Trinajstić information content (AvgIpc) is 2.15. The monoisotopic (exact) mass is 238 g/mol. The van der Waals surface area contributed by atoms with Gasteiger partial charge in [-0.1, -0.05) is 18.2 Å². The lowest BCUT2D eigenvalue weighted by Gasteiger charge is -2.27. The van der Waals surface area contributed by atoms with Crippen LogP contribution in [0.3, 0.4) is 0 Å². The van der Waals surface area contributed by atoms with Crippen LogP contribution in [0, 0.1) is 0 Å². The molecule has 0 heterocycles. The molecule has 0 aliphatic rings. The van der Waals surface area contributed by atoms with Crippen LogP contribution in [0.25, 0.3) is 0 Å². The van der Waals surface area contributed by atoms with Crippen LogP contribution in [0.4, 0.5) is 0 Å². The van der Waals surface area contributed by atoms with Gasteiger partial charge in [0, 0.05) is 23.5 Å². The van der Waals surface area contributed by atoms with Gasteiger partial charge in [0.05, 0.1) is 0 Å². The van der Waals surface area contributed by atoms with Gasteiger partial charge in [-0.15, -0.1) is 11.8 Å². The van der Waals surface area contributed by atoms with Gasteiger partial charge in [0.25, 0.3) is 0 Å². The van der Waals surface area contributed by atoms with Gasteiger partial charge in [0.2, 0.25) is 0 Å². The minimum absolute atomic E-state index is 0.136. The second kappa shape index (κ2) is 5.71. The highest BCUT2D eigenvalue weighted by atomic mass is 32.2. The number of hydrogen-bond acceptors (Lipinski definition) is 3. The predicted molar refractivity (Wildman–Crippen MR) is 72.8 cm³/mol. The van der Waals surface area contributed by atoms with Crippen LogP contribution in [0.1, 0.15) is 19.4 Å². The van der Waals surface area contributed by atoms with E-state index < -0.39 is 0 Å². The van der Waals surface area contributed by atoms with Crippen molar-refractivity contribution < 1.29 is 0 Å². The molecule has 1 rings (SSSR count). The largest absolute Gasteiger partial charge is 0.324 e. The van der Waals surface area contributed by atoms with Crippen LogP contribution in [-0.2, 0) is 6.54 Å². The number of rotatable bonds is 5. The summed E-state index contributed by atoms with van der Waals surface area (Å²) in [5, 5.41) is 0. The highest BCUT2D eigenvalue weighted by Gasteiger charge is 2.14. The number of thioether (sulfide) groups is 1. The highest BCUT2D eigenvalue weighted by molar-refractivity contribution is 7.98. The van der Waals surface area contributed by atoms with E-state index in [4.69, 9.17) is 5.73 Å². The summed E-state index contributed by atoms with van der Waals surface area (Å²) in [6, 6.07) is 8.53. The van der Waals surface area contributed by atoms with Crippen molar-refractivity contribution in [2.24, 2.45) is 5.73 Å². The standard InChI is InChI=1S/C13H22N2S/c1-13(2,14)10-15(3)9-11-7-5-6-8-12(11)16-4/h5-8H,9-10,14H2,1-4H3. The third-order valence-corrected chi connectivity index (χ3v) is 3.15. The Morgan fingerprint density at radius 3 is 2.50 bits per heavy atom. The Morgan fingerprint density at radius 1 is 1.31 bits per heavy atom. The predicted octanol–water partition coefficient (Wildman–Crippen LogP) is 2.58. The first-order valence-corrected chi connectivity index (χ1v) is 6.74. The van der Waals surface area contributed by atoms with E-state index in [2.05, 4.69) is 56.3 Å². The molecule has 0 amide bonds. The smallest absolute Gasteiger partial charge is 0.0242 e. The summed E-state index contributed by atoms with van der Waals surface area (Å²) in [6.45, 7) is 5.97. The zero-order valence-corrected chi connectivity index (χ0v) is 11.5. The summed E-state index contributed by atoms with van der Waals surface area (Å²) < 4.78 is 0. The Labute approximate surface area is 103 Å². The van der Waals surface area contributed by atoms with Crippen molar-refractivity contribution in [3.05, 3.63) is 29.8 Å². The first-order valence-electron chi connectivity index (χ1n) is 5.52. The molecule has 0 bridgehead atoms. The Hall–Kier alpha value is -0.510. The maximum Gasteiger partial charge on any atom is 0.0242 e. The van der Waals surface area contributed by atoms with E-state index in [-0.39, 0.29) is 5.54 Å². The van der Waals surface area contributed by atoms with Crippen molar-refractivity contribution >= 4 is 11.8 Å². The van der Waals surface area contributed by atoms with Crippen LogP contribution in [0.2, 0.25) is 0 Å². The third kappa shape index (κ3) is 4.56. The first kappa shape index (κ1) is 13.6. The van der Waals surface area contributed by atoms with Gasteiger partial charge in [-0.05, 0) is 38.8 Å². The lowest BCUT2D eigenvalue weighted by atomic mass is 10.1. The molecule has 90 valence electrons. The second-order valence-corrected chi connectivity index (χ2v) is 5.82. The molecule has 0 aliphatic heterocycles. The Bertz CT molecular complexity index is 331. The highest BCUT2D eigenvalue weighted by Crippen LogP contribution is 2.21. The van der Waals surface area contributed by atoms with E-state index in [9.17, 15) is 0 Å². The number of likely N-dealkylation sites (N-methyl/N-ethyl adjacent to an activating group) is 1. The second-order valence-electron chi connectivity index (χ2n) is 4.97. The van der Waals surface area contributed by atoms with Crippen molar-refractivity contribution in [2.45, 2.75) is 30.8 Å². The zero-order valence-electron chi connectivity index (χ0n) is 10.7. The van der Waals surface area contributed by atoms with Crippen molar-refractivity contribution in [3.8, 4) is 0 Å². The minimum Gasteiger partial charge on any atom is -0.324 e. The summed E-state index contributed by atoms with van der Waals surface area (Å²) in [4.78, 5) is 3.62. The lowest BCUT2D eigenvalue weighted by Crippen LogP contribution is -2.43. The fourth-order valence-electron chi connectivity index (χ4n) is 1.88. The van der Waals surface area contributed by atoms with Crippen molar-refractivity contribution in [2.75, 3.05) is 19.8 Å². The van der Waals surface area contributed by atoms with Crippen LogP contribution >= 0.6 is 11.8 Å². The maximum absolute atomic E-state index is 6.01. The number of nitrogens with two attached hydrogens (primary N) is 1. The molecule has 0 spiro atoms. The molecule has 2 N–H and O–H groups in total. The lowest BCUT2D eigenvalue weighted by molar-refractivity contribution is 0.262. The maximum atomic E-state index is 6.01. The molecule has 0 unspecified atom stereocenters. The van der Waals surface area contributed by atoms with Gasteiger partial charge in [0.1, 0.15) is 0 Å². The molecule has 2 nitrogen and oxygen atoms in total. The van der Waals surface area contributed by atoms with E-state index in [0.29, 0.717) is 0 Å². The zero-order chi connectivity index (χ0) is 12.2. The van der Waals surface area contributed by atoms with Crippen molar-refractivity contribution in [1.82, 2.24) is 4.90 Å². The molecule has 16 heavy (non-hydrogen) atoms. The quantitative estimate of drug-likeness (QED) is 0.800. The fraction of sp³-hybridized carbons (Fsp3) is 0.538. The van der Waals surface area contributed by atoms with Gasteiger partial charge in [-0.3, -0.25) is 0 Å². The van der Waals surface area contributed by atoms with E-state index in [1.165, 1.54) is 10.5 Å². The first-order chi connectivity index (χ1) is 7.42. The molecule has 1 aromatic carbocycles. The summed E-state index contributed by atoms with van der Waals surface area (Å²) in [5.74, 6) is 0. The number of hydrogen-bond donors (Lipinski definition) is 1. The van der Waals surface area contributed by atoms with Crippen LogP contribution in [-0.4, -0.2) is 30.3 Å². The summed E-state index contributed by atoms with van der Waals surface area (Å²) in [6.07, 6.45) is 2.12. The van der Waals surface area contributed by atoms with Crippen molar-refractivity contribution in [3.63, 3.8) is 0 Å². The molecule has 3 heteroatoms. The molecule has 0 aromatic heterocycles. The van der Waals surface area contributed by atoms with Crippen LogP contribution in [0.5, 0.6) is 0 Å². The minimum atomic E-state index is -0.136. The topological polar surface area (TPSA) is 29.3 Å². The van der Waals surface area contributed by atoms with Crippen LogP contribution in [0.15, 0.2) is 29.2 Å². The van der Waals surface area contributed by atoms with Gasteiger partial charge in [-0.25, -0.2) is 0 Å². The Kier molecular flexibility index (Phi) is 4.84. The van der Waals surface area contributed by atoms with Crippen LogP contribution < -0.4 is 5.73 Å². The van der Waals surface area contributed by atoms with Crippen molar-refractivity contribution in [1.29, 1.82) is 0 Å². The van der Waals surface area contributed by atoms with Gasteiger partial charge in [-0.2, -0.15) is 0 Å². The van der Waals surface area contributed by atoms with E-state index in [1.807, 2.05) is 0 Å². The number of nitrogens with zero attached hydrogens (tertiary/aromatic N) is 1. The fourth-order valence-corrected chi connectivity index (χ4v) is 2.49. The molecular weight excluding hydrogens is 216 g/mol. The molecule has 0 fully saturated rings. The molecule has 0 radical (unpaired) electrons. The van der Waals surface area contributed by atoms with E-state index >= 15 is 0 Å².